The first kappa shape index (κ1) is 11.7. The van der Waals surface area contributed by atoms with E-state index in [4.69, 9.17) is 9.47 Å². The Morgan fingerprint density at radius 3 is 2.38 bits per heavy atom. The van der Waals surface area contributed by atoms with Gasteiger partial charge in [0.05, 0.1) is 24.3 Å². The average molecular weight is 287 g/mol. The molecule has 88 valence electrons. The van der Waals surface area contributed by atoms with Gasteiger partial charge in [-0.2, -0.15) is 0 Å². The minimum Gasteiger partial charge on any atom is -0.496 e. The highest BCUT2D eigenvalue weighted by Gasteiger charge is 2.40. The van der Waals surface area contributed by atoms with Crippen LogP contribution in [0.15, 0.2) is 16.6 Å². The fraction of sp³-hybridized carbons (Fsp3) is 0.500. The largest absolute Gasteiger partial charge is 0.496 e. The number of hydrogen-bond acceptors (Lipinski definition) is 3. The third-order valence-electron chi connectivity index (χ3n) is 2.90. The van der Waals surface area contributed by atoms with Crippen LogP contribution in [0.4, 0.5) is 0 Å². The first-order chi connectivity index (χ1) is 7.58. The Balaban J connectivity index is 2.33. The number of aliphatic hydroxyl groups is 1. The summed E-state index contributed by atoms with van der Waals surface area (Å²) in [6.45, 7) is 0. The Hall–Kier alpha value is -0.740. The van der Waals surface area contributed by atoms with Crippen LogP contribution >= 0.6 is 15.9 Å². The van der Waals surface area contributed by atoms with Gasteiger partial charge in [0, 0.05) is 12.0 Å². The molecule has 1 N–H and O–H groups in total. The van der Waals surface area contributed by atoms with E-state index in [-0.39, 0.29) is 0 Å². The smallest absolute Gasteiger partial charge is 0.133 e. The minimum absolute atomic E-state index is 0.522. The van der Waals surface area contributed by atoms with E-state index in [0.717, 1.165) is 34.4 Å². The van der Waals surface area contributed by atoms with Crippen LogP contribution in [0.2, 0.25) is 0 Å². The second-order valence-electron chi connectivity index (χ2n) is 4.20. The summed E-state index contributed by atoms with van der Waals surface area (Å²) >= 11 is 3.41. The normalized spacial score (nSPS) is 17.0. The molecule has 3 nitrogen and oxygen atoms in total. The van der Waals surface area contributed by atoms with Crippen LogP contribution in [0.3, 0.4) is 0 Å². The summed E-state index contributed by atoms with van der Waals surface area (Å²) in [5.74, 6) is 1.55. The van der Waals surface area contributed by atoms with Crippen molar-refractivity contribution >= 4 is 15.9 Å². The third kappa shape index (κ3) is 2.33. The molecule has 0 saturated heterocycles. The molecule has 1 aromatic carbocycles. The molecule has 16 heavy (non-hydrogen) atoms. The standard InChI is InChI=1S/C12H15BrO3/c1-15-10-6-9(13)11(16-2)5-8(10)7-12(14)3-4-12/h5-6,14H,3-4,7H2,1-2H3. The molecule has 1 aliphatic carbocycles. The fourth-order valence-electron chi connectivity index (χ4n) is 1.74. The Bertz CT molecular complexity index is 399. The number of hydrogen-bond donors (Lipinski definition) is 1. The maximum Gasteiger partial charge on any atom is 0.133 e. The maximum absolute atomic E-state index is 9.93. The quantitative estimate of drug-likeness (QED) is 0.925. The first-order valence-electron chi connectivity index (χ1n) is 5.21. The van der Waals surface area contributed by atoms with Crippen LogP contribution < -0.4 is 9.47 Å². The highest BCUT2D eigenvalue weighted by molar-refractivity contribution is 9.10. The molecular formula is C12H15BrO3. The summed E-state index contributed by atoms with van der Waals surface area (Å²) in [4.78, 5) is 0. The van der Waals surface area contributed by atoms with Crippen molar-refractivity contribution in [1.29, 1.82) is 0 Å². The van der Waals surface area contributed by atoms with Gasteiger partial charge in [-0.15, -0.1) is 0 Å². The van der Waals surface area contributed by atoms with Gasteiger partial charge in [-0.3, -0.25) is 0 Å². The summed E-state index contributed by atoms with van der Waals surface area (Å²) < 4.78 is 11.4. The van der Waals surface area contributed by atoms with Crippen molar-refractivity contribution in [2.45, 2.75) is 24.9 Å². The minimum atomic E-state index is -0.522. The Morgan fingerprint density at radius 1 is 1.25 bits per heavy atom. The van der Waals surface area contributed by atoms with E-state index >= 15 is 0 Å². The van der Waals surface area contributed by atoms with Gasteiger partial charge in [0.15, 0.2) is 0 Å². The molecule has 0 spiro atoms. The summed E-state index contributed by atoms with van der Waals surface area (Å²) in [7, 11) is 3.26. The molecular weight excluding hydrogens is 272 g/mol. The van der Waals surface area contributed by atoms with Crippen LogP contribution in [0.5, 0.6) is 11.5 Å². The summed E-state index contributed by atoms with van der Waals surface area (Å²) in [6, 6.07) is 3.79. The Kier molecular flexibility index (Phi) is 3.13. The number of ether oxygens (including phenoxy) is 2. The molecule has 1 saturated carbocycles. The Morgan fingerprint density at radius 2 is 1.88 bits per heavy atom. The van der Waals surface area contributed by atoms with Crippen molar-refractivity contribution < 1.29 is 14.6 Å². The van der Waals surface area contributed by atoms with Gasteiger partial charge < -0.3 is 14.6 Å². The zero-order chi connectivity index (χ0) is 11.8. The highest BCUT2D eigenvalue weighted by Crippen LogP contribution is 2.42. The molecule has 4 heteroatoms. The molecule has 2 rings (SSSR count). The predicted octanol–water partition coefficient (Wildman–Crippen LogP) is 2.53. The molecule has 1 aliphatic rings. The second kappa shape index (κ2) is 4.26. The first-order valence-corrected chi connectivity index (χ1v) is 6.00. The van der Waals surface area contributed by atoms with E-state index in [2.05, 4.69) is 15.9 Å². The van der Waals surface area contributed by atoms with Crippen molar-refractivity contribution in [3.8, 4) is 11.5 Å². The SMILES string of the molecule is COc1cc(CC2(O)CC2)c(OC)cc1Br. The molecule has 0 bridgehead atoms. The lowest BCUT2D eigenvalue weighted by molar-refractivity contribution is 0.150. The van der Waals surface area contributed by atoms with Gasteiger partial charge in [0.2, 0.25) is 0 Å². The molecule has 0 radical (unpaired) electrons. The van der Waals surface area contributed by atoms with Gasteiger partial charge in [-0.25, -0.2) is 0 Å². The van der Waals surface area contributed by atoms with Gasteiger partial charge in [-0.1, -0.05) is 0 Å². The number of rotatable bonds is 4. The molecule has 1 aromatic rings. The van der Waals surface area contributed by atoms with E-state index < -0.39 is 5.60 Å². The molecule has 0 unspecified atom stereocenters. The van der Waals surface area contributed by atoms with Gasteiger partial charge in [0.25, 0.3) is 0 Å². The van der Waals surface area contributed by atoms with Gasteiger partial charge >= 0.3 is 0 Å². The van der Waals surface area contributed by atoms with Crippen LogP contribution in [0.1, 0.15) is 18.4 Å². The van der Waals surface area contributed by atoms with Gasteiger partial charge in [-0.05, 0) is 40.9 Å². The van der Waals surface area contributed by atoms with Crippen molar-refractivity contribution in [2.24, 2.45) is 0 Å². The molecule has 0 atom stereocenters. The lowest BCUT2D eigenvalue weighted by Crippen LogP contribution is -2.11. The molecule has 0 heterocycles. The zero-order valence-corrected chi connectivity index (χ0v) is 11.0. The van der Waals surface area contributed by atoms with Crippen LogP contribution in [0.25, 0.3) is 0 Å². The Labute approximate surface area is 104 Å². The zero-order valence-electron chi connectivity index (χ0n) is 9.42. The lowest BCUT2D eigenvalue weighted by Gasteiger charge is -2.14. The maximum atomic E-state index is 9.93. The van der Waals surface area contributed by atoms with E-state index in [9.17, 15) is 5.11 Å². The average Bonchev–Trinajstić information content (AvgIpc) is 2.98. The van der Waals surface area contributed by atoms with E-state index in [1.165, 1.54) is 0 Å². The molecule has 0 aliphatic heterocycles. The van der Waals surface area contributed by atoms with E-state index in [1.54, 1.807) is 14.2 Å². The monoisotopic (exact) mass is 286 g/mol. The topological polar surface area (TPSA) is 38.7 Å². The molecule has 0 aromatic heterocycles. The summed E-state index contributed by atoms with van der Waals surface area (Å²) in [5.41, 5.74) is 0.467. The summed E-state index contributed by atoms with van der Waals surface area (Å²) in [6.07, 6.45) is 2.36. The lowest BCUT2D eigenvalue weighted by atomic mass is 10.1. The predicted molar refractivity (Wildman–Crippen MR) is 65.1 cm³/mol. The van der Waals surface area contributed by atoms with Crippen LogP contribution in [-0.4, -0.2) is 24.9 Å². The number of halogens is 1. The van der Waals surface area contributed by atoms with Crippen molar-refractivity contribution in [3.05, 3.63) is 22.2 Å². The van der Waals surface area contributed by atoms with Crippen molar-refractivity contribution in [1.82, 2.24) is 0 Å². The van der Waals surface area contributed by atoms with Crippen LogP contribution in [-0.2, 0) is 6.42 Å². The number of benzene rings is 1. The van der Waals surface area contributed by atoms with Gasteiger partial charge in [0.1, 0.15) is 11.5 Å². The summed E-state index contributed by atoms with van der Waals surface area (Å²) in [5, 5.41) is 9.93. The third-order valence-corrected chi connectivity index (χ3v) is 3.52. The fourth-order valence-corrected chi connectivity index (χ4v) is 2.22. The molecule has 1 fully saturated rings. The van der Waals surface area contributed by atoms with E-state index in [1.807, 2.05) is 12.1 Å². The second-order valence-corrected chi connectivity index (χ2v) is 5.05. The molecule has 0 amide bonds. The number of methoxy groups -OCH3 is 2. The van der Waals surface area contributed by atoms with Crippen molar-refractivity contribution in [3.63, 3.8) is 0 Å². The van der Waals surface area contributed by atoms with Crippen LogP contribution in [0, 0.1) is 0 Å². The van der Waals surface area contributed by atoms with Crippen molar-refractivity contribution in [2.75, 3.05) is 14.2 Å². The highest BCUT2D eigenvalue weighted by atomic mass is 79.9. The van der Waals surface area contributed by atoms with E-state index in [0.29, 0.717) is 6.42 Å².